The normalized spacial score (nSPS) is 10.2. The summed E-state index contributed by atoms with van der Waals surface area (Å²) in [6.07, 6.45) is 4.51. The van der Waals surface area contributed by atoms with Crippen LogP contribution in [0.2, 0.25) is 0 Å². The maximum absolute atomic E-state index is 12.7. The van der Waals surface area contributed by atoms with E-state index < -0.39 is 35.8 Å². The summed E-state index contributed by atoms with van der Waals surface area (Å²) in [7, 11) is 0. The lowest BCUT2D eigenvalue weighted by atomic mass is 10.2. The van der Waals surface area contributed by atoms with Gasteiger partial charge in [-0.1, -0.05) is 13.2 Å². The lowest BCUT2D eigenvalue weighted by molar-refractivity contribution is -0.140. The van der Waals surface area contributed by atoms with Crippen LogP contribution in [0.1, 0.15) is 64.8 Å². The molecule has 0 fully saturated rings. The molecule has 0 amide bonds. The van der Waals surface area contributed by atoms with E-state index in [1.807, 2.05) is 0 Å². The molecule has 0 aliphatic heterocycles. The second-order valence-corrected chi connectivity index (χ2v) is 10.4. The van der Waals surface area contributed by atoms with E-state index in [2.05, 4.69) is 13.2 Å². The molecule has 0 N–H and O–H groups in total. The van der Waals surface area contributed by atoms with Crippen LogP contribution in [0.5, 0.6) is 23.0 Å². The Balaban J connectivity index is 1.43. The largest absolute Gasteiger partial charge is 0.463 e. The van der Waals surface area contributed by atoms with Crippen LogP contribution >= 0.6 is 0 Å². The van der Waals surface area contributed by atoms with Crippen molar-refractivity contribution < 1.29 is 57.2 Å². The van der Waals surface area contributed by atoms with Crippen LogP contribution in [0, 0.1) is 6.92 Å². The molecule has 0 radical (unpaired) electrons. The van der Waals surface area contributed by atoms with Crippen LogP contribution < -0.4 is 18.9 Å². The summed E-state index contributed by atoms with van der Waals surface area (Å²) in [5.41, 5.74) is 0.971. The van der Waals surface area contributed by atoms with E-state index in [9.17, 15) is 28.8 Å². The predicted octanol–water partition coefficient (Wildman–Crippen LogP) is 6.04. The fourth-order valence-corrected chi connectivity index (χ4v) is 4.04. The molecule has 3 rings (SSSR count). The van der Waals surface area contributed by atoms with Gasteiger partial charge in [0.05, 0.1) is 24.3 Å². The number of hydrogen-bond donors (Lipinski definition) is 0. The van der Waals surface area contributed by atoms with Crippen LogP contribution in [0.3, 0.4) is 0 Å². The molecule has 12 nitrogen and oxygen atoms in total. The number of carbonyl (C=O) groups excluding carboxylic acids is 6. The predicted molar refractivity (Wildman–Crippen MR) is 175 cm³/mol. The van der Waals surface area contributed by atoms with Crippen LogP contribution in [0.15, 0.2) is 92.0 Å². The molecule has 3 aromatic carbocycles. The molecule has 0 spiro atoms. The first kappa shape index (κ1) is 37.4. The van der Waals surface area contributed by atoms with E-state index in [4.69, 9.17) is 28.4 Å². The number of aryl methyl sites for hydroxylation is 1. The Morgan fingerprint density at radius 2 is 1.02 bits per heavy atom. The van der Waals surface area contributed by atoms with Gasteiger partial charge in [-0.3, -0.25) is 9.59 Å². The number of carbonyl (C=O) groups is 6. The second kappa shape index (κ2) is 19.6. The first-order chi connectivity index (χ1) is 23.6. The molecule has 0 heterocycles. The Hall–Kier alpha value is -6.04. The molecule has 0 unspecified atom stereocenters. The fourth-order valence-electron chi connectivity index (χ4n) is 4.04. The van der Waals surface area contributed by atoms with Crippen molar-refractivity contribution in [3.63, 3.8) is 0 Å². The molecule has 49 heavy (non-hydrogen) atoms. The number of unbranched alkanes of at least 4 members (excludes halogenated alkanes) is 2. The van der Waals surface area contributed by atoms with E-state index in [-0.39, 0.29) is 66.6 Å². The molecule has 256 valence electrons. The van der Waals surface area contributed by atoms with Crippen molar-refractivity contribution in [1.29, 1.82) is 0 Å². The van der Waals surface area contributed by atoms with Gasteiger partial charge in [-0.2, -0.15) is 0 Å². The fraction of sp³-hybridized carbons (Fsp3) is 0.243. The van der Waals surface area contributed by atoms with E-state index in [1.54, 1.807) is 13.0 Å². The van der Waals surface area contributed by atoms with Gasteiger partial charge < -0.3 is 28.4 Å². The van der Waals surface area contributed by atoms with Crippen LogP contribution in [0.4, 0.5) is 0 Å². The third-order valence-electron chi connectivity index (χ3n) is 6.58. The molecule has 0 saturated heterocycles. The smallest absolute Gasteiger partial charge is 0.343 e. The first-order valence-corrected chi connectivity index (χ1v) is 15.3. The molecule has 3 aromatic rings. The summed E-state index contributed by atoms with van der Waals surface area (Å²) in [5, 5.41) is 0. The zero-order valence-corrected chi connectivity index (χ0v) is 27.0. The van der Waals surface area contributed by atoms with Gasteiger partial charge in [-0.05, 0) is 105 Å². The Bertz CT molecular complexity index is 1660. The van der Waals surface area contributed by atoms with Gasteiger partial charge in [0.25, 0.3) is 0 Å². The summed E-state index contributed by atoms with van der Waals surface area (Å²) in [4.78, 5) is 71.5. The Morgan fingerprint density at radius 3 is 1.53 bits per heavy atom. The minimum absolute atomic E-state index is 0.0322. The van der Waals surface area contributed by atoms with Crippen LogP contribution in [0.25, 0.3) is 0 Å². The Morgan fingerprint density at radius 1 is 0.551 bits per heavy atom. The molecule has 12 heteroatoms. The molecule has 0 bridgehead atoms. The molecule has 0 aliphatic carbocycles. The van der Waals surface area contributed by atoms with Gasteiger partial charge in [-0.25, -0.2) is 19.2 Å². The van der Waals surface area contributed by atoms with Crippen LogP contribution in [-0.2, 0) is 28.7 Å². The van der Waals surface area contributed by atoms with Gasteiger partial charge in [0, 0.05) is 25.0 Å². The minimum atomic E-state index is -0.654. The van der Waals surface area contributed by atoms with E-state index in [0.717, 1.165) is 12.2 Å². The van der Waals surface area contributed by atoms with Gasteiger partial charge in [-0.15, -0.1) is 0 Å². The lowest BCUT2D eigenvalue weighted by Gasteiger charge is -2.11. The average Bonchev–Trinajstić information content (AvgIpc) is 3.09. The number of hydrogen-bond acceptors (Lipinski definition) is 12. The van der Waals surface area contributed by atoms with Gasteiger partial charge in [0.1, 0.15) is 23.0 Å². The number of rotatable bonds is 18. The topological polar surface area (TPSA) is 158 Å². The SMILES string of the molecule is C=CC(=O)OCCCCCC(=O)Oc1ccc(C(=O)Oc2ccc(OC(=O)c3ccc(OC(=O)CCCOC(=O)C=C)cc3)cc2C)cc1. The summed E-state index contributed by atoms with van der Waals surface area (Å²) in [6, 6.07) is 16.2. The van der Waals surface area contributed by atoms with Crippen molar-refractivity contribution in [1.82, 2.24) is 0 Å². The van der Waals surface area contributed by atoms with Crippen molar-refractivity contribution in [3.8, 4) is 23.0 Å². The third kappa shape index (κ3) is 13.3. The zero-order chi connectivity index (χ0) is 35.6. The molecular weight excluding hydrogens is 636 g/mol. The highest BCUT2D eigenvalue weighted by Gasteiger charge is 2.15. The number of esters is 6. The van der Waals surface area contributed by atoms with Crippen molar-refractivity contribution in [2.24, 2.45) is 0 Å². The van der Waals surface area contributed by atoms with Gasteiger partial charge in [0.15, 0.2) is 0 Å². The summed E-state index contributed by atoms with van der Waals surface area (Å²) >= 11 is 0. The highest BCUT2D eigenvalue weighted by molar-refractivity contribution is 5.92. The standard InChI is InChI=1S/C37H36O12/c1-4-32(38)44-22-8-6-7-10-34(40)46-28-18-14-27(15-19-28)37(43)49-31-21-20-30(24-25(31)3)48-36(42)26-12-16-29(17-13-26)47-35(41)11-9-23-45-33(39)5-2/h4-5,12-21,24H,1-2,6-11,22-23H2,3H3. The minimum Gasteiger partial charge on any atom is -0.463 e. The monoisotopic (exact) mass is 672 g/mol. The lowest BCUT2D eigenvalue weighted by Crippen LogP contribution is -2.12. The van der Waals surface area contributed by atoms with E-state index in [0.29, 0.717) is 24.8 Å². The number of ether oxygens (including phenoxy) is 6. The zero-order valence-electron chi connectivity index (χ0n) is 27.0. The highest BCUT2D eigenvalue weighted by atomic mass is 16.6. The van der Waals surface area contributed by atoms with E-state index >= 15 is 0 Å². The molecule has 0 aliphatic rings. The molecule has 0 aromatic heterocycles. The maximum atomic E-state index is 12.7. The highest BCUT2D eigenvalue weighted by Crippen LogP contribution is 2.26. The van der Waals surface area contributed by atoms with Crippen molar-refractivity contribution in [3.05, 3.63) is 109 Å². The quantitative estimate of drug-likeness (QED) is 0.0668. The molecular formula is C37H36O12. The summed E-state index contributed by atoms with van der Waals surface area (Å²) < 4.78 is 31.2. The molecule has 0 atom stereocenters. The first-order valence-electron chi connectivity index (χ1n) is 15.3. The average molecular weight is 673 g/mol. The summed E-state index contributed by atoms with van der Waals surface area (Å²) in [6.45, 7) is 8.61. The van der Waals surface area contributed by atoms with Crippen molar-refractivity contribution in [2.75, 3.05) is 13.2 Å². The second-order valence-electron chi connectivity index (χ2n) is 10.4. The van der Waals surface area contributed by atoms with E-state index in [1.165, 1.54) is 60.7 Å². The van der Waals surface area contributed by atoms with Crippen LogP contribution in [-0.4, -0.2) is 49.0 Å². The Kier molecular flexibility index (Phi) is 15.0. The molecule has 0 saturated carbocycles. The maximum Gasteiger partial charge on any atom is 0.343 e. The third-order valence-corrected chi connectivity index (χ3v) is 6.58. The number of benzene rings is 3. The van der Waals surface area contributed by atoms with Crippen molar-refractivity contribution in [2.45, 2.75) is 45.4 Å². The Labute approximate surface area is 283 Å². The summed E-state index contributed by atoms with van der Waals surface area (Å²) in [5.74, 6) is -2.31. The van der Waals surface area contributed by atoms with Gasteiger partial charge >= 0.3 is 35.8 Å². The van der Waals surface area contributed by atoms with Crippen molar-refractivity contribution >= 4 is 35.8 Å². The van der Waals surface area contributed by atoms with Gasteiger partial charge in [0.2, 0.25) is 0 Å².